The standard InChI is InChI=1S/C28H26O9S2/c1-28(31,18-36-24-6-2-4-8-26(24)38(32,33)22-14-10-20(29)11-15-22)19-37-25-7-3-5-9-27(25)39(34,35)23-16-12-21(30)13-17-23/h2-17,29-31H,18-19H2,1H3. The van der Waals surface area contributed by atoms with E-state index < -0.39 is 25.3 Å². The molecule has 4 rings (SSSR count). The number of para-hydroxylation sites is 2. The number of hydrogen-bond donors (Lipinski definition) is 3. The maximum atomic E-state index is 13.1. The highest BCUT2D eigenvalue weighted by Crippen LogP contribution is 2.32. The number of rotatable bonds is 10. The SMILES string of the molecule is CC(O)(COc1ccccc1S(=O)(=O)c1ccc(O)cc1)COc1ccccc1S(=O)(=O)c1ccc(O)cc1. The predicted molar refractivity (Wildman–Crippen MR) is 142 cm³/mol. The summed E-state index contributed by atoms with van der Waals surface area (Å²) in [4.78, 5) is -0.341. The Hall–Kier alpha value is -4.06. The average Bonchev–Trinajstić information content (AvgIpc) is 2.92. The van der Waals surface area contributed by atoms with Crippen molar-refractivity contribution in [1.29, 1.82) is 0 Å². The predicted octanol–water partition coefficient (Wildman–Crippen LogP) is 3.97. The third-order valence-corrected chi connectivity index (χ3v) is 9.27. The molecule has 0 aliphatic heterocycles. The molecule has 0 heterocycles. The van der Waals surface area contributed by atoms with Crippen LogP contribution < -0.4 is 9.47 Å². The number of aliphatic hydroxyl groups is 1. The fourth-order valence-electron chi connectivity index (χ4n) is 3.60. The molecule has 9 nitrogen and oxygen atoms in total. The van der Waals surface area contributed by atoms with E-state index in [2.05, 4.69) is 0 Å². The lowest BCUT2D eigenvalue weighted by Crippen LogP contribution is -2.39. The molecule has 0 saturated carbocycles. The number of phenols is 2. The van der Waals surface area contributed by atoms with Gasteiger partial charge in [0.1, 0.15) is 51.6 Å². The van der Waals surface area contributed by atoms with Crippen molar-refractivity contribution in [3.63, 3.8) is 0 Å². The summed E-state index contributed by atoms with van der Waals surface area (Å²) in [5.41, 5.74) is -1.65. The lowest BCUT2D eigenvalue weighted by Gasteiger charge is -2.25. The number of benzene rings is 4. The molecule has 0 saturated heterocycles. The quantitative estimate of drug-likeness (QED) is 0.258. The van der Waals surface area contributed by atoms with Gasteiger partial charge in [-0.15, -0.1) is 0 Å². The van der Waals surface area contributed by atoms with Crippen molar-refractivity contribution in [1.82, 2.24) is 0 Å². The zero-order valence-corrected chi connectivity index (χ0v) is 22.4. The van der Waals surface area contributed by atoms with Crippen LogP contribution in [0, 0.1) is 0 Å². The van der Waals surface area contributed by atoms with Crippen molar-refractivity contribution >= 4 is 19.7 Å². The zero-order chi connectivity index (χ0) is 28.3. The lowest BCUT2D eigenvalue weighted by molar-refractivity contribution is -0.0260. The Morgan fingerprint density at radius 2 is 0.923 bits per heavy atom. The first kappa shape index (κ1) is 28.0. The van der Waals surface area contributed by atoms with Crippen LogP contribution in [0.3, 0.4) is 0 Å². The van der Waals surface area contributed by atoms with E-state index in [1.165, 1.54) is 91.9 Å². The van der Waals surface area contributed by atoms with E-state index in [9.17, 15) is 32.2 Å². The van der Waals surface area contributed by atoms with Gasteiger partial charge in [0.15, 0.2) is 0 Å². The molecule has 0 aliphatic carbocycles. The summed E-state index contributed by atoms with van der Waals surface area (Å²) >= 11 is 0. The second-order valence-corrected chi connectivity index (χ2v) is 12.8. The minimum absolute atomic E-state index is 0.00107. The molecule has 39 heavy (non-hydrogen) atoms. The van der Waals surface area contributed by atoms with Gasteiger partial charge in [-0.1, -0.05) is 24.3 Å². The second-order valence-electron chi connectivity index (χ2n) is 8.96. The molecule has 0 atom stereocenters. The maximum absolute atomic E-state index is 13.1. The minimum atomic E-state index is -3.99. The fraction of sp³-hybridized carbons (Fsp3) is 0.143. The largest absolute Gasteiger partial charge is 0.508 e. The first-order valence-electron chi connectivity index (χ1n) is 11.6. The van der Waals surface area contributed by atoms with Crippen LogP contribution in [0.4, 0.5) is 0 Å². The smallest absolute Gasteiger partial charge is 0.210 e. The minimum Gasteiger partial charge on any atom is -0.508 e. The van der Waals surface area contributed by atoms with Gasteiger partial charge in [-0.05, 0) is 79.7 Å². The fourth-order valence-corrected chi connectivity index (χ4v) is 6.39. The molecule has 0 amide bonds. The highest BCUT2D eigenvalue weighted by molar-refractivity contribution is 7.92. The third-order valence-electron chi connectivity index (χ3n) is 5.65. The molecular formula is C28H26O9S2. The monoisotopic (exact) mass is 570 g/mol. The Kier molecular flexibility index (Phi) is 7.86. The Balaban J connectivity index is 1.50. The van der Waals surface area contributed by atoms with Crippen LogP contribution in [0.25, 0.3) is 0 Å². The van der Waals surface area contributed by atoms with Gasteiger partial charge in [0, 0.05) is 0 Å². The van der Waals surface area contributed by atoms with Crippen LogP contribution in [-0.2, 0) is 19.7 Å². The normalized spacial score (nSPS) is 12.2. The van der Waals surface area contributed by atoms with Crippen LogP contribution in [0.1, 0.15) is 6.92 Å². The maximum Gasteiger partial charge on any atom is 0.210 e. The summed E-state index contributed by atoms with van der Waals surface area (Å²) < 4.78 is 64.0. The van der Waals surface area contributed by atoms with Crippen LogP contribution in [0.15, 0.2) is 117 Å². The topological polar surface area (TPSA) is 147 Å². The molecule has 4 aromatic carbocycles. The van der Waals surface area contributed by atoms with Gasteiger partial charge in [-0.3, -0.25) is 0 Å². The number of aromatic hydroxyl groups is 2. The number of ether oxygens (including phenoxy) is 2. The van der Waals surface area contributed by atoms with Crippen molar-refractivity contribution in [2.45, 2.75) is 32.1 Å². The molecule has 0 radical (unpaired) electrons. The van der Waals surface area contributed by atoms with E-state index in [0.717, 1.165) is 0 Å². The van der Waals surface area contributed by atoms with Gasteiger partial charge < -0.3 is 24.8 Å². The first-order valence-corrected chi connectivity index (χ1v) is 14.6. The summed E-state index contributed by atoms with van der Waals surface area (Å²) in [6.07, 6.45) is 0. The second kappa shape index (κ2) is 11.0. The van der Waals surface area contributed by atoms with Gasteiger partial charge in [-0.25, -0.2) is 16.8 Å². The molecular weight excluding hydrogens is 544 g/mol. The van der Waals surface area contributed by atoms with Crippen molar-refractivity contribution < 1.29 is 41.6 Å². The van der Waals surface area contributed by atoms with E-state index in [0.29, 0.717) is 0 Å². The van der Waals surface area contributed by atoms with Crippen molar-refractivity contribution in [2.24, 2.45) is 0 Å². The van der Waals surface area contributed by atoms with Gasteiger partial charge >= 0.3 is 0 Å². The molecule has 0 unspecified atom stereocenters. The van der Waals surface area contributed by atoms with Crippen LogP contribution in [-0.4, -0.2) is 51.0 Å². The Labute approximate surface area is 226 Å². The highest BCUT2D eigenvalue weighted by atomic mass is 32.2. The van der Waals surface area contributed by atoms with E-state index >= 15 is 0 Å². The summed E-state index contributed by atoms with van der Waals surface area (Å²) in [5.74, 6) is -0.152. The van der Waals surface area contributed by atoms with Crippen molar-refractivity contribution in [3.05, 3.63) is 97.1 Å². The number of sulfone groups is 2. The Bertz CT molecular complexity index is 1540. The highest BCUT2D eigenvalue weighted by Gasteiger charge is 2.28. The van der Waals surface area contributed by atoms with Crippen LogP contribution in [0.5, 0.6) is 23.0 Å². The van der Waals surface area contributed by atoms with Crippen LogP contribution in [0.2, 0.25) is 0 Å². The van der Waals surface area contributed by atoms with E-state index in [1.807, 2.05) is 0 Å². The summed E-state index contributed by atoms with van der Waals surface area (Å²) in [5, 5.41) is 29.9. The molecule has 3 N–H and O–H groups in total. The Morgan fingerprint density at radius 1 is 0.590 bits per heavy atom. The number of hydrogen-bond acceptors (Lipinski definition) is 9. The summed E-state index contributed by atoms with van der Waals surface area (Å²) in [7, 11) is -7.98. The third kappa shape index (κ3) is 6.33. The van der Waals surface area contributed by atoms with Gasteiger partial charge in [-0.2, -0.15) is 0 Å². The zero-order valence-electron chi connectivity index (χ0n) is 20.8. The van der Waals surface area contributed by atoms with E-state index in [4.69, 9.17) is 9.47 Å². The molecule has 11 heteroatoms. The van der Waals surface area contributed by atoms with Crippen molar-refractivity contribution in [2.75, 3.05) is 13.2 Å². The van der Waals surface area contributed by atoms with E-state index in [-0.39, 0.29) is 55.8 Å². The molecule has 0 spiro atoms. The summed E-state index contributed by atoms with van der Waals surface area (Å²) in [6, 6.07) is 22.0. The molecule has 0 bridgehead atoms. The molecule has 0 aliphatic rings. The van der Waals surface area contributed by atoms with Crippen LogP contribution >= 0.6 is 0 Å². The average molecular weight is 571 g/mol. The molecule has 204 valence electrons. The first-order chi connectivity index (χ1) is 18.4. The van der Waals surface area contributed by atoms with E-state index in [1.54, 1.807) is 12.1 Å². The summed E-state index contributed by atoms with van der Waals surface area (Å²) in [6.45, 7) is 0.658. The molecule has 0 fully saturated rings. The number of phenolic OH excluding ortho intramolecular Hbond substituents is 2. The van der Waals surface area contributed by atoms with Crippen molar-refractivity contribution in [3.8, 4) is 23.0 Å². The van der Waals surface area contributed by atoms with Gasteiger partial charge in [0.05, 0.1) is 9.79 Å². The lowest BCUT2D eigenvalue weighted by atomic mass is 10.1. The molecule has 4 aromatic rings. The van der Waals surface area contributed by atoms with Gasteiger partial charge in [0.2, 0.25) is 19.7 Å². The Morgan fingerprint density at radius 3 is 1.28 bits per heavy atom. The molecule has 0 aromatic heterocycles. The van der Waals surface area contributed by atoms with Gasteiger partial charge in [0.25, 0.3) is 0 Å².